The first-order valence-corrected chi connectivity index (χ1v) is 4.13. The van der Waals surface area contributed by atoms with Crippen molar-refractivity contribution in [2.75, 3.05) is 7.11 Å². The SMILES string of the molecule is C/C=c1/cc(C(=O)OC)[nH]/c1=C/C. The molecule has 0 spiro atoms. The highest BCUT2D eigenvalue weighted by Crippen LogP contribution is 1.89. The Morgan fingerprint density at radius 1 is 1.46 bits per heavy atom. The summed E-state index contributed by atoms with van der Waals surface area (Å²) in [6.45, 7) is 3.84. The van der Waals surface area contributed by atoms with Gasteiger partial charge < -0.3 is 9.72 Å². The van der Waals surface area contributed by atoms with E-state index in [0.29, 0.717) is 5.69 Å². The standard InChI is InChI=1S/C10H13NO2/c1-4-7-6-9(10(12)13-3)11-8(7)5-2/h4-6,11H,1-3H3/b7-4-,8-5+. The quantitative estimate of drug-likeness (QED) is 0.634. The largest absolute Gasteiger partial charge is 0.464 e. The molecule has 1 aromatic rings. The van der Waals surface area contributed by atoms with Gasteiger partial charge in [-0.1, -0.05) is 12.2 Å². The van der Waals surface area contributed by atoms with E-state index in [-0.39, 0.29) is 5.97 Å². The van der Waals surface area contributed by atoms with Crippen LogP contribution in [0.5, 0.6) is 0 Å². The Balaban J connectivity index is 3.32. The van der Waals surface area contributed by atoms with Crippen molar-refractivity contribution >= 4 is 18.1 Å². The summed E-state index contributed by atoms with van der Waals surface area (Å²) >= 11 is 0. The highest BCUT2D eigenvalue weighted by atomic mass is 16.5. The van der Waals surface area contributed by atoms with Crippen LogP contribution in [-0.4, -0.2) is 18.1 Å². The van der Waals surface area contributed by atoms with E-state index in [2.05, 4.69) is 9.72 Å². The number of methoxy groups -OCH3 is 1. The van der Waals surface area contributed by atoms with Crippen molar-refractivity contribution in [3.63, 3.8) is 0 Å². The zero-order chi connectivity index (χ0) is 9.84. The molecule has 1 N–H and O–H groups in total. The molecule has 0 radical (unpaired) electrons. The molecule has 1 rings (SSSR count). The summed E-state index contributed by atoms with van der Waals surface area (Å²) in [5.41, 5.74) is 0.490. The molecule has 0 bridgehead atoms. The van der Waals surface area contributed by atoms with Crippen LogP contribution in [0, 0.1) is 0 Å². The van der Waals surface area contributed by atoms with Crippen LogP contribution >= 0.6 is 0 Å². The molecule has 3 heteroatoms. The zero-order valence-corrected chi connectivity index (χ0v) is 8.05. The van der Waals surface area contributed by atoms with Crippen molar-refractivity contribution in [3.05, 3.63) is 22.3 Å². The van der Waals surface area contributed by atoms with Gasteiger partial charge in [0.1, 0.15) is 5.69 Å². The van der Waals surface area contributed by atoms with Gasteiger partial charge in [-0.2, -0.15) is 0 Å². The van der Waals surface area contributed by atoms with Crippen molar-refractivity contribution in [2.24, 2.45) is 0 Å². The summed E-state index contributed by atoms with van der Waals surface area (Å²) in [6.07, 6.45) is 3.86. The predicted octanol–water partition coefficient (Wildman–Crippen LogP) is 0.402. The summed E-state index contributed by atoms with van der Waals surface area (Å²) in [5.74, 6) is -0.337. The number of esters is 1. The maximum absolute atomic E-state index is 11.1. The molecule has 0 aromatic carbocycles. The summed E-state index contributed by atoms with van der Waals surface area (Å²) in [5, 5.41) is 1.96. The summed E-state index contributed by atoms with van der Waals surface area (Å²) in [6, 6.07) is 1.78. The second-order valence-corrected chi connectivity index (χ2v) is 2.62. The van der Waals surface area contributed by atoms with Crippen molar-refractivity contribution in [2.45, 2.75) is 13.8 Å². The van der Waals surface area contributed by atoms with E-state index in [1.54, 1.807) is 6.07 Å². The van der Waals surface area contributed by atoms with Crippen molar-refractivity contribution in [1.29, 1.82) is 0 Å². The number of hydrogen-bond donors (Lipinski definition) is 1. The maximum atomic E-state index is 11.1. The first-order chi connectivity index (χ1) is 6.22. The van der Waals surface area contributed by atoms with E-state index in [9.17, 15) is 4.79 Å². The lowest BCUT2D eigenvalue weighted by molar-refractivity contribution is 0.0594. The van der Waals surface area contributed by atoms with Crippen LogP contribution in [0.4, 0.5) is 0 Å². The van der Waals surface area contributed by atoms with Crippen LogP contribution in [0.15, 0.2) is 6.07 Å². The van der Waals surface area contributed by atoms with Crippen molar-refractivity contribution in [1.82, 2.24) is 4.98 Å². The third-order valence-electron chi connectivity index (χ3n) is 1.89. The minimum Gasteiger partial charge on any atom is -0.464 e. The first-order valence-electron chi connectivity index (χ1n) is 4.13. The lowest BCUT2D eigenvalue weighted by Crippen LogP contribution is -2.20. The van der Waals surface area contributed by atoms with Crippen LogP contribution in [0.25, 0.3) is 12.2 Å². The molecule has 13 heavy (non-hydrogen) atoms. The lowest BCUT2D eigenvalue weighted by atomic mass is 10.3. The fraction of sp³-hybridized carbons (Fsp3) is 0.300. The molecule has 3 nitrogen and oxygen atoms in total. The number of aromatic nitrogens is 1. The highest BCUT2D eigenvalue weighted by Gasteiger charge is 2.05. The van der Waals surface area contributed by atoms with E-state index < -0.39 is 0 Å². The average molecular weight is 179 g/mol. The smallest absolute Gasteiger partial charge is 0.354 e. The fourth-order valence-corrected chi connectivity index (χ4v) is 1.18. The van der Waals surface area contributed by atoms with Gasteiger partial charge in [0, 0.05) is 5.35 Å². The molecule has 1 heterocycles. The number of carbonyl (C=O) groups is 1. The zero-order valence-electron chi connectivity index (χ0n) is 8.05. The first kappa shape index (κ1) is 9.58. The average Bonchev–Trinajstić information content (AvgIpc) is 2.59. The molecular formula is C10H13NO2. The molecule has 0 fully saturated rings. The fourth-order valence-electron chi connectivity index (χ4n) is 1.18. The monoisotopic (exact) mass is 179 g/mol. The normalized spacial score (nSPS) is 13.5. The highest BCUT2D eigenvalue weighted by molar-refractivity contribution is 5.87. The summed E-state index contributed by atoms with van der Waals surface area (Å²) in [4.78, 5) is 14.1. The minimum atomic E-state index is -0.337. The second kappa shape index (κ2) is 3.94. The van der Waals surface area contributed by atoms with E-state index in [1.165, 1.54) is 7.11 Å². The topological polar surface area (TPSA) is 42.1 Å². The van der Waals surface area contributed by atoms with Gasteiger partial charge in [0.15, 0.2) is 0 Å². The number of ether oxygens (including phenoxy) is 1. The Morgan fingerprint density at radius 3 is 2.54 bits per heavy atom. The lowest BCUT2D eigenvalue weighted by Gasteiger charge is -1.91. The van der Waals surface area contributed by atoms with Gasteiger partial charge >= 0.3 is 5.97 Å². The van der Waals surface area contributed by atoms with Gasteiger partial charge in [0.2, 0.25) is 0 Å². The molecule has 0 saturated carbocycles. The third kappa shape index (κ3) is 1.80. The molecule has 70 valence electrons. The van der Waals surface area contributed by atoms with E-state index in [4.69, 9.17) is 0 Å². The van der Waals surface area contributed by atoms with E-state index >= 15 is 0 Å². The maximum Gasteiger partial charge on any atom is 0.354 e. The molecule has 0 aliphatic heterocycles. The molecule has 0 aliphatic carbocycles. The van der Waals surface area contributed by atoms with Crippen molar-refractivity contribution in [3.8, 4) is 0 Å². The second-order valence-electron chi connectivity index (χ2n) is 2.62. The molecule has 0 aliphatic rings. The number of carbonyl (C=O) groups excluding carboxylic acids is 1. The van der Waals surface area contributed by atoms with Gasteiger partial charge in [-0.15, -0.1) is 0 Å². The summed E-state index contributed by atoms with van der Waals surface area (Å²) in [7, 11) is 1.37. The number of rotatable bonds is 1. The van der Waals surface area contributed by atoms with Gasteiger partial charge in [0.05, 0.1) is 7.11 Å². The molecule has 1 aromatic heterocycles. The Morgan fingerprint density at radius 2 is 2.15 bits per heavy atom. The number of aromatic amines is 1. The van der Waals surface area contributed by atoms with E-state index in [1.807, 2.05) is 26.0 Å². The Hall–Kier alpha value is -1.51. The number of nitrogens with one attached hydrogen (secondary N) is 1. The molecule has 0 unspecified atom stereocenters. The molecule has 0 amide bonds. The molecule has 0 saturated heterocycles. The van der Waals surface area contributed by atoms with Crippen LogP contribution < -0.4 is 10.6 Å². The van der Waals surface area contributed by atoms with Gasteiger partial charge in [-0.3, -0.25) is 0 Å². The number of hydrogen-bond acceptors (Lipinski definition) is 2. The molecule has 0 atom stereocenters. The van der Waals surface area contributed by atoms with Gasteiger partial charge in [0.25, 0.3) is 0 Å². The Kier molecular flexibility index (Phi) is 2.90. The third-order valence-corrected chi connectivity index (χ3v) is 1.89. The van der Waals surface area contributed by atoms with Gasteiger partial charge in [-0.05, 0) is 25.1 Å². The Bertz CT molecular complexity index is 383. The van der Waals surface area contributed by atoms with Crippen molar-refractivity contribution < 1.29 is 9.53 Å². The molecular weight excluding hydrogens is 166 g/mol. The van der Waals surface area contributed by atoms with Crippen LogP contribution in [0.1, 0.15) is 24.3 Å². The summed E-state index contributed by atoms with van der Waals surface area (Å²) < 4.78 is 4.60. The predicted molar refractivity (Wildman–Crippen MR) is 51.7 cm³/mol. The van der Waals surface area contributed by atoms with E-state index in [0.717, 1.165) is 10.6 Å². The Labute approximate surface area is 76.7 Å². The van der Waals surface area contributed by atoms with Crippen LogP contribution in [0.3, 0.4) is 0 Å². The van der Waals surface area contributed by atoms with Crippen LogP contribution in [0.2, 0.25) is 0 Å². The number of H-pyrrole nitrogens is 1. The minimum absolute atomic E-state index is 0.337. The van der Waals surface area contributed by atoms with Crippen LogP contribution in [-0.2, 0) is 4.74 Å². The van der Waals surface area contributed by atoms with Gasteiger partial charge in [-0.25, -0.2) is 4.79 Å².